The Kier molecular flexibility index (Phi) is 7.50. The number of hydrogen-bond acceptors (Lipinski definition) is 3. The standard InChI is InChI=1S/C12H17FN2O2.ClH/c1-8(6-14)12(17)15-7-11(16)9-3-2-4-10(13)5-9;/h2-5,8,11,16H,6-7,14H2,1H3,(H,15,17);1H. The number of rotatable bonds is 5. The first-order valence-corrected chi connectivity index (χ1v) is 5.46. The van der Waals surface area contributed by atoms with E-state index < -0.39 is 11.9 Å². The molecule has 4 N–H and O–H groups in total. The molecule has 2 atom stereocenters. The average Bonchev–Trinajstić information content (AvgIpc) is 2.34. The van der Waals surface area contributed by atoms with Crippen LogP contribution in [0.1, 0.15) is 18.6 Å². The van der Waals surface area contributed by atoms with Gasteiger partial charge in [-0.15, -0.1) is 12.4 Å². The van der Waals surface area contributed by atoms with Crippen molar-refractivity contribution >= 4 is 18.3 Å². The Morgan fingerprint density at radius 2 is 2.22 bits per heavy atom. The number of carbonyl (C=O) groups is 1. The van der Waals surface area contributed by atoms with E-state index in [0.29, 0.717) is 5.56 Å². The monoisotopic (exact) mass is 276 g/mol. The van der Waals surface area contributed by atoms with E-state index in [9.17, 15) is 14.3 Å². The lowest BCUT2D eigenvalue weighted by Gasteiger charge is -2.14. The summed E-state index contributed by atoms with van der Waals surface area (Å²) in [7, 11) is 0. The molecule has 4 nitrogen and oxygen atoms in total. The molecule has 0 saturated carbocycles. The molecular weight excluding hydrogens is 259 g/mol. The molecule has 18 heavy (non-hydrogen) atoms. The summed E-state index contributed by atoms with van der Waals surface area (Å²) in [5.74, 6) is -0.930. The van der Waals surface area contributed by atoms with Gasteiger partial charge < -0.3 is 16.2 Å². The molecule has 0 aromatic heterocycles. The van der Waals surface area contributed by atoms with Crippen LogP contribution in [0, 0.1) is 11.7 Å². The van der Waals surface area contributed by atoms with Gasteiger partial charge in [-0.3, -0.25) is 4.79 Å². The van der Waals surface area contributed by atoms with Crippen LogP contribution in [0.3, 0.4) is 0 Å². The van der Waals surface area contributed by atoms with Gasteiger partial charge in [-0.25, -0.2) is 4.39 Å². The van der Waals surface area contributed by atoms with Crippen LogP contribution in [0.4, 0.5) is 4.39 Å². The summed E-state index contributed by atoms with van der Waals surface area (Å²) in [6, 6.07) is 5.65. The molecule has 0 bridgehead atoms. The van der Waals surface area contributed by atoms with Crippen LogP contribution in [-0.4, -0.2) is 24.1 Å². The number of carbonyl (C=O) groups excluding carboxylic acids is 1. The van der Waals surface area contributed by atoms with Crippen LogP contribution < -0.4 is 11.1 Å². The zero-order chi connectivity index (χ0) is 12.8. The molecule has 0 heterocycles. The normalized spacial score (nSPS) is 13.3. The van der Waals surface area contributed by atoms with Gasteiger partial charge in [-0.2, -0.15) is 0 Å². The van der Waals surface area contributed by atoms with E-state index in [1.165, 1.54) is 18.2 Å². The number of halogens is 2. The minimum absolute atomic E-state index is 0. The van der Waals surface area contributed by atoms with Crippen molar-refractivity contribution in [3.63, 3.8) is 0 Å². The minimum Gasteiger partial charge on any atom is -0.387 e. The second-order valence-electron chi connectivity index (χ2n) is 3.95. The Balaban J connectivity index is 0.00000289. The molecule has 1 aromatic carbocycles. The van der Waals surface area contributed by atoms with Gasteiger partial charge in [0.2, 0.25) is 5.91 Å². The van der Waals surface area contributed by atoms with Crippen LogP contribution in [-0.2, 0) is 4.79 Å². The first-order valence-electron chi connectivity index (χ1n) is 5.46. The summed E-state index contributed by atoms with van der Waals surface area (Å²) in [5, 5.41) is 12.3. The molecule has 0 spiro atoms. The highest BCUT2D eigenvalue weighted by atomic mass is 35.5. The van der Waals surface area contributed by atoms with E-state index in [2.05, 4.69) is 5.32 Å². The van der Waals surface area contributed by atoms with Crippen LogP contribution in [0.25, 0.3) is 0 Å². The van der Waals surface area contributed by atoms with E-state index in [1.54, 1.807) is 13.0 Å². The molecule has 0 aliphatic carbocycles. The molecule has 6 heteroatoms. The average molecular weight is 277 g/mol. The maximum atomic E-state index is 12.9. The SMILES string of the molecule is CC(CN)C(=O)NCC(O)c1cccc(F)c1.Cl. The second kappa shape index (κ2) is 8.02. The summed E-state index contributed by atoms with van der Waals surface area (Å²) in [6.45, 7) is 2.00. The Morgan fingerprint density at radius 1 is 1.56 bits per heavy atom. The number of nitrogens with two attached hydrogens (primary N) is 1. The van der Waals surface area contributed by atoms with Crippen LogP contribution >= 0.6 is 12.4 Å². The lowest BCUT2D eigenvalue weighted by Crippen LogP contribution is -2.35. The zero-order valence-corrected chi connectivity index (χ0v) is 10.9. The lowest BCUT2D eigenvalue weighted by molar-refractivity contribution is -0.124. The van der Waals surface area contributed by atoms with Gasteiger partial charge in [0.15, 0.2) is 0 Å². The van der Waals surface area contributed by atoms with Gasteiger partial charge >= 0.3 is 0 Å². The molecule has 1 amide bonds. The van der Waals surface area contributed by atoms with Crippen molar-refractivity contribution in [2.45, 2.75) is 13.0 Å². The highest BCUT2D eigenvalue weighted by molar-refractivity contribution is 5.85. The van der Waals surface area contributed by atoms with Crippen LogP contribution in [0.15, 0.2) is 24.3 Å². The van der Waals surface area contributed by atoms with Crippen molar-refractivity contribution in [2.24, 2.45) is 11.7 Å². The van der Waals surface area contributed by atoms with Gasteiger partial charge in [0.1, 0.15) is 5.82 Å². The number of amides is 1. The first-order chi connectivity index (χ1) is 8.04. The summed E-state index contributed by atoms with van der Waals surface area (Å²) in [4.78, 5) is 11.4. The van der Waals surface area contributed by atoms with E-state index >= 15 is 0 Å². The number of benzene rings is 1. The highest BCUT2D eigenvalue weighted by Crippen LogP contribution is 2.13. The highest BCUT2D eigenvalue weighted by Gasteiger charge is 2.13. The number of hydrogen-bond donors (Lipinski definition) is 3. The molecule has 1 rings (SSSR count). The largest absolute Gasteiger partial charge is 0.387 e. The van der Waals surface area contributed by atoms with Crippen molar-refractivity contribution in [1.82, 2.24) is 5.32 Å². The molecule has 0 fully saturated rings. The van der Waals surface area contributed by atoms with E-state index in [-0.39, 0.29) is 37.3 Å². The summed E-state index contributed by atoms with van der Waals surface area (Å²) < 4.78 is 12.9. The molecular formula is C12H18ClFN2O2. The predicted molar refractivity (Wildman–Crippen MR) is 69.8 cm³/mol. The molecule has 0 aliphatic heterocycles. The van der Waals surface area contributed by atoms with E-state index in [1.807, 2.05) is 0 Å². The third-order valence-corrected chi connectivity index (χ3v) is 2.50. The fraction of sp³-hybridized carbons (Fsp3) is 0.417. The fourth-order valence-corrected chi connectivity index (χ4v) is 1.31. The van der Waals surface area contributed by atoms with Crippen molar-refractivity contribution in [3.8, 4) is 0 Å². The van der Waals surface area contributed by atoms with Gasteiger partial charge in [0.25, 0.3) is 0 Å². The molecule has 0 saturated heterocycles. The second-order valence-corrected chi connectivity index (χ2v) is 3.95. The maximum absolute atomic E-state index is 12.9. The Bertz CT molecular complexity index is 390. The van der Waals surface area contributed by atoms with E-state index in [0.717, 1.165) is 0 Å². The quantitative estimate of drug-likeness (QED) is 0.751. The third kappa shape index (κ3) is 5.00. The van der Waals surface area contributed by atoms with Crippen molar-refractivity contribution in [2.75, 3.05) is 13.1 Å². The maximum Gasteiger partial charge on any atom is 0.224 e. The number of aliphatic hydroxyl groups is 1. The molecule has 2 unspecified atom stereocenters. The molecule has 102 valence electrons. The third-order valence-electron chi connectivity index (χ3n) is 2.50. The fourth-order valence-electron chi connectivity index (χ4n) is 1.31. The van der Waals surface area contributed by atoms with E-state index in [4.69, 9.17) is 5.73 Å². The Labute approximate surface area is 112 Å². The summed E-state index contributed by atoms with van der Waals surface area (Å²) >= 11 is 0. The Hall–Kier alpha value is -1.17. The van der Waals surface area contributed by atoms with Crippen LogP contribution in [0.5, 0.6) is 0 Å². The smallest absolute Gasteiger partial charge is 0.224 e. The molecule has 0 aliphatic rings. The van der Waals surface area contributed by atoms with Crippen molar-refractivity contribution in [1.29, 1.82) is 0 Å². The van der Waals surface area contributed by atoms with Crippen molar-refractivity contribution < 1.29 is 14.3 Å². The van der Waals surface area contributed by atoms with Gasteiger partial charge in [-0.1, -0.05) is 19.1 Å². The predicted octanol–water partition coefficient (Wildman–Crippen LogP) is 0.992. The van der Waals surface area contributed by atoms with Gasteiger partial charge in [0, 0.05) is 19.0 Å². The number of nitrogens with one attached hydrogen (secondary N) is 1. The molecule has 0 radical (unpaired) electrons. The van der Waals surface area contributed by atoms with Gasteiger partial charge in [0.05, 0.1) is 6.10 Å². The van der Waals surface area contributed by atoms with Crippen molar-refractivity contribution in [3.05, 3.63) is 35.6 Å². The summed E-state index contributed by atoms with van der Waals surface area (Å²) in [5.41, 5.74) is 5.77. The van der Waals surface area contributed by atoms with Gasteiger partial charge in [-0.05, 0) is 17.7 Å². The first kappa shape index (κ1) is 16.8. The number of aliphatic hydroxyl groups excluding tert-OH is 1. The van der Waals surface area contributed by atoms with Crippen LogP contribution in [0.2, 0.25) is 0 Å². The molecule has 1 aromatic rings. The minimum atomic E-state index is -0.917. The zero-order valence-electron chi connectivity index (χ0n) is 10.1. The lowest BCUT2D eigenvalue weighted by atomic mass is 10.1. The summed E-state index contributed by atoms with van der Waals surface area (Å²) in [6.07, 6.45) is -0.917. The Morgan fingerprint density at radius 3 is 2.78 bits per heavy atom. The topological polar surface area (TPSA) is 75.4 Å².